The molecule has 3 aromatic rings. The Hall–Kier alpha value is -2.66. The number of nitrogens with one attached hydrogen (secondary N) is 1. The van der Waals surface area contributed by atoms with Crippen LogP contribution in [0.1, 0.15) is 48.1 Å². The van der Waals surface area contributed by atoms with Gasteiger partial charge < -0.3 is 5.32 Å². The lowest BCUT2D eigenvalue weighted by Gasteiger charge is -2.10. The van der Waals surface area contributed by atoms with E-state index in [0.29, 0.717) is 29.5 Å². The van der Waals surface area contributed by atoms with Crippen molar-refractivity contribution >= 4 is 17.5 Å². The molecule has 0 atom stereocenters. The molecule has 0 spiro atoms. The van der Waals surface area contributed by atoms with Gasteiger partial charge >= 0.3 is 0 Å². The molecular formula is C22H25ClN4O. The van der Waals surface area contributed by atoms with Gasteiger partial charge in [-0.15, -0.1) is 0 Å². The Labute approximate surface area is 170 Å². The quantitative estimate of drug-likeness (QED) is 0.634. The average Bonchev–Trinajstić information content (AvgIpc) is 3.04. The molecule has 0 aliphatic heterocycles. The van der Waals surface area contributed by atoms with Crippen molar-refractivity contribution in [3.63, 3.8) is 0 Å². The van der Waals surface area contributed by atoms with Crippen molar-refractivity contribution in [2.45, 2.75) is 40.2 Å². The van der Waals surface area contributed by atoms with Crippen LogP contribution in [0.25, 0.3) is 5.69 Å². The zero-order valence-electron chi connectivity index (χ0n) is 16.4. The zero-order valence-corrected chi connectivity index (χ0v) is 17.2. The molecule has 0 saturated carbocycles. The Kier molecular flexibility index (Phi) is 6.47. The molecular weight excluding hydrogens is 372 g/mol. The number of amides is 1. The predicted octanol–water partition coefficient (Wildman–Crippen LogP) is 4.61. The van der Waals surface area contributed by atoms with Gasteiger partial charge in [-0.1, -0.05) is 44.5 Å². The summed E-state index contributed by atoms with van der Waals surface area (Å²) in [5.41, 5.74) is 4.13. The van der Waals surface area contributed by atoms with E-state index in [1.807, 2.05) is 48.0 Å². The Bertz CT molecular complexity index is 950. The Morgan fingerprint density at radius 1 is 1.18 bits per heavy atom. The summed E-state index contributed by atoms with van der Waals surface area (Å²) < 4.78 is 1.82. The van der Waals surface area contributed by atoms with E-state index in [1.54, 1.807) is 12.4 Å². The largest absolute Gasteiger partial charge is 0.348 e. The maximum Gasteiger partial charge on any atom is 0.255 e. The van der Waals surface area contributed by atoms with Crippen LogP contribution in [-0.2, 0) is 19.4 Å². The van der Waals surface area contributed by atoms with Gasteiger partial charge in [-0.2, -0.15) is 5.10 Å². The van der Waals surface area contributed by atoms with E-state index in [4.69, 9.17) is 16.7 Å². The van der Waals surface area contributed by atoms with Crippen LogP contribution in [0.4, 0.5) is 0 Å². The highest BCUT2D eigenvalue weighted by atomic mass is 35.5. The fraction of sp³-hybridized carbons (Fsp3) is 0.318. The average molecular weight is 397 g/mol. The van der Waals surface area contributed by atoms with Gasteiger partial charge in [0.05, 0.1) is 27.7 Å². The summed E-state index contributed by atoms with van der Waals surface area (Å²) in [5.74, 6) is 0.272. The molecule has 0 unspecified atom stereocenters. The lowest BCUT2D eigenvalue weighted by molar-refractivity contribution is 0.0949. The van der Waals surface area contributed by atoms with Gasteiger partial charge in [0.2, 0.25) is 0 Å². The number of pyridine rings is 1. The fourth-order valence-electron chi connectivity index (χ4n) is 3.22. The minimum absolute atomic E-state index is 0.109. The van der Waals surface area contributed by atoms with Crippen LogP contribution in [0, 0.1) is 5.92 Å². The summed E-state index contributed by atoms with van der Waals surface area (Å²) in [6.45, 7) is 6.73. The molecule has 0 bridgehead atoms. The summed E-state index contributed by atoms with van der Waals surface area (Å²) in [4.78, 5) is 17.1. The number of hydrogen-bond donors (Lipinski definition) is 1. The molecule has 28 heavy (non-hydrogen) atoms. The van der Waals surface area contributed by atoms with E-state index in [9.17, 15) is 4.79 Å². The van der Waals surface area contributed by atoms with Crippen molar-refractivity contribution in [2.24, 2.45) is 5.92 Å². The van der Waals surface area contributed by atoms with Gasteiger partial charge in [-0.25, -0.2) is 4.68 Å². The minimum Gasteiger partial charge on any atom is -0.348 e. The first-order valence-electron chi connectivity index (χ1n) is 9.54. The smallest absolute Gasteiger partial charge is 0.255 e. The molecule has 146 valence electrons. The van der Waals surface area contributed by atoms with Gasteiger partial charge in [0.15, 0.2) is 0 Å². The van der Waals surface area contributed by atoms with E-state index in [2.05, 4.69) is 24.1 Å². The summed E-state index contributed by atoms with van der Waals surface area (Å²) in [5, 5.41) is 8.43. The lowest BCUT2D eigenvalue weighted by Crippen LogP contribution is -2.25. The van der Waals surface area contributed by atoms with E-state index in [0.717, 1.165) is 29.1 Å². The van der Waals surface area contributed by atoms with Gasteiger partial charge in [-0.05, 0) is 48.6 Å². The van der Waals surface area contributed by atoms with Crippen LogP contribution in [0.2, 0.25) is 5.02 Å². The zero-order chi connectivity index (χ0) is 20.1. The third kappa shape index (κ3) is 4.42. The highest BCUT2D eigenvalue weighted by Crippen LogP contribution is 2.26. The molecule has 0 fully saturated rings. The number of halogens is 1. The molecule has 2 heterocycles. The SMILES string of the molecule is CCc1c(C(=O)NCc2ccncc2)c(CC(C)C)nn1-c1ccccc1Cl. The Morgan fingerprint density at radius 3 is 2.54 bits per heavy atom. The van der Waals surface area contributed by atoms with E-state index in [-0.39, 0.29) is 5.91 Å². The van der Waals surface area contributed by atoms with Crippen molar-refractivity contribution in [3.8, 4) is 5.69 Å². The normalized spacial score (nSPS) is 11.0. The highest BCUT2D eigenvalue weighted by Gasteiger charge is 2.24. The first-order valence-corrected chi connectivity index (χ1v) is 9.91. The second-order valence-electron chi connectivity index (χ2n) is 7.12. The molecule has 0 radical (unpaired) electrons. The molecule has 1 amide bonds. The first kappa shape index (κ1) is 20.1. The molecule has 0 saturated heterocycles. The highest BCUT2D eigenvalue weighted by molar-refractivity contribution is 6.32. The Balaban J connectivity index is 2.00. The third-order valence-corrected chi connectivity index (χ3v) is 4.82. The molecule has 0 aliphatic rings. The van der Waals surface area contributed by atoms with Gasteiger partial charge in [0.1, 0.15) is 0 Å². The minimum atomic E-state index is -0.109. The summed E-state index contributed by atoms with van der Waals surface area (Å²) in [6.07, 6.45) is 4.84. The van der Waals surface area contributed by atoms with Crippen LogP contribution in [-0.4, -0.2) is 20.7 Å². The number of nitrogens with zero attached hydrogens (tertiary/aromatic N) is 3. The van der Waals surface area contributed by atoms with Crippen molar-refractivity contribution in [2.75, 3.05) is 0 Å². The molecule has 6 heteroatoms. The maximum absolute atomic E-state index is 13.1. The standard InChI is InChI=1S/C22H25ClN4O/c1-4-19-21(22(28)25-14-16-9-11-24-12-10-16)18(13-15(2)3)26-27(19)20-8-6-5-7-17(20)23/h5-12,15H,4,13-14H2,1-3H3,(H,25,28). The first-order chi connectivity index (χ1) is 13.5. The van der Waals surface area contributed by atoms with E-state index >= 15 is 0 Å². The number of rotatable bonds is 7. The van der Waals surface area contributed by atoms with Gasteiger partial charge in [-0.3, -0.25) is 9.78 Å². The molecule has 1 aromatic carbocycles. The fourth-order valence-corrected chi connectivity index (χ4v) is 3.43. The second kappa shape index (κ2) is 9.02. The van der Waals surface area contributed by atoms with Crippen LogP contribution in [0.5, 0.6) is 0 Å². The number of para-hydroxylation sites is 1. The van der Waals surface area contributed by atoms with Crippen LogP contribution in [0.3, 0.4) is 0 Å². The summed E-state index contributed by atoms with van der Waals surface area (Å²) >= 11 is 6.41. The molecule has 1 N–H and O–H groups in total. The third-order valence-electron chi connectivity index (χ3n) is 4.50. The van der Waals surface area contributed by atoms with Crippen LogP contribution in [0.15, 0.2) is 48.8 Å². The number of carbonyl (C=O) groups excluding carboxylic acids is 1. The number of carbonyl (C=O) groups is 1. The lowest BCUT2D eigenvalue weighted by atomic mass is 10.0. The summed E-state index contributed by atoms with van der Waals surface area (Å²) in [6, 6.07) is 11.4. The number of benzene rings is 1. The van der Waals surface area contributed by atoms with Gasteiger partial charge in [0, 0.05) is 18.9 Å². The number of hydrogen-bond acceptors (Lipinski definition) is 3. The van der Waals surface area contributed by atoms with E-state index in [1.165, 1.54) is 0 Å². The van der Waals surface area contributed by atoms with E-state index < -0.39 is 0 Å². The monoisotopic (exact) mass is 396 g/mol. The van der Waals surface area contributed by atoms with Crippen molar-refractivity contribution in [3.05, 3.63) is 76.3 Å². The van der Waals surface area contributed by atoms with Crippen LogP contribution >= 0.6 is 11.6 Å². The van der Waals surface area contributed by atoms with Crippen LogP contribution < -0.4 is 5.32 Å². The maximum atomic E-state index is 13.1. The predicted molar refractivity (Wildman–Crippen MR) is 112 cm³/mol. The topological polar surface area (TPSA) is 59.8 Å². The summed E-state index contributed by atoms with van der Waals surface area (Å²) in [7, 11) is 0. The van der Waals surface area contributed by atoms with Crippen molar-refractivity contribution < 1.29 is 4.79 Å². The number of aromatic nitrogens is 3. The molecule has 2 aromatic heterocycles. The second-order valence-corrected chi connectivity index (χ2v) is 7.53. The Morgan fingerprint density at radius 2 is 1.89 bits per heavy atom. The van der Waals surface area contributed by atoms with Crippen molar-refractivity contribution in [1.29, 1.82) is 0 Å². The van der Waals surface area contributed by atoms with Crippen molar-refractivity contribution in [1.82, 2.24) is 20.1 Å². The van der Waals surface area contributed by atoms with Gasteiger partial charge in [0.25, 0.3) is 5.91 Å². The molecule has 0 aliphatic carbocycles. The molecule has 3 rings (SSSR count). The molecule has 5 nitrogen and oxygen atoms in total.